The first-order chi connectivity index (χ1) is 7.67. The lowest BCUT2D eigenvalue weighted by atomic mass is 10.0. The highest BCUT2D eigenvalue weighted by Crippen LogP contribution is 2.14. The number of nitrogens with zero attached hydrogens (tertiary/aromatic N) is 2. The van der Waals surface area contributed by atoms with Crippen molar-refractivity contribution in [3.63, 3.8) is 0 Å². The van der Waals surface area contributed by atoms with Crippen LogP contribution in [-0.2, 0) is 6.54 Å². The maximum absolute atomic E-state index is 4.36. The molecule has 3 nitrogen and oxygen atoms in total. The van der Waals surface area contributed by atoms with E-state index >= 15 is 0 Å². The quantitative estimate of drug-likeness (QED) is 0.768. The smallest absolute Gasteiger partial charge is 0.202 e. The van der Waals surface area contributed by atoms with Gasteiger partial charge in [0.1, 0.15) is 0 Å². The maximum Gasteiger partial charge on any atom is 0.202 e. The Labute approximate surface area is 99.3 Å². The van der Waals surface area contributed by atoms with Crippen LogP contribution in [0.15, 0.2) is 12.4 Å². The zero-order valence-electron chi connectivity index (χ0n) is 11.0. The van der Waals surface area contributed by atoms with Gasteiger partial charge in [-0.1, -0.05) is 40.5 Å². The second-order valence-corrected chi connectivity index (χ2v) is 4.86. The van der Waals surface area contributed by atoms with Crippen LogP contribution in [0.1, 0.15) is 40.5 Å². The third-order valence-electron chi connectivity index (χ3n) is 2.99. The highest BCUT2D eigenvalue weighted by Gasteiger charge is 2.08. The minimum Gasteiger partial charge on any atom is -0.355 e. The van der Waals surface area contributed by atoms with E-state index < -0.39 is 0 Å². The first-order valence-corrected chi connectivity index (χ1v) is 6.42. The van der Waals surface area contributed by atoms with Gasteiger partial charge in [-0.3, -0.25) is 0 Å². The fourth-order valence-corrected chi connectivity index (χ4v) is 1.74. The van der Waals surface area contributed by atoms with Crippen LogP contribution < -0.4 is 5.32 Å². The second-order valence-electron chi connectivity index (χ2n) is 4.86. The molecule has 16 heavy (non-hydrogen) atoms. The van der Waals surface area contributed by atoms with Crippen LogP contribution in [-0.4, -0.2) is 16.1 Å². The normalized spacial score (nSPS) is 11.4. The van der Waals surface area contributed by atoms with Crippen molar-refractivity contribution in [3.05, 3.63) is 12.4 Å². The largest absolute Gasteiger partial charge is 0.355 e. The first-order valence-electron chi connectivity index (χ1n) is 6.42. The van der Waals surface area contributed by atoms with Crippen LogP contribution in [0.5, 0.6) is 0 Å². The van der Waals surface area contributed by atoms with Crippen LogP contribution in [0.3, 0.4) is 0 Å². The van der Waals surface area contributed by atoms with E-state index in [1.807, 2.05) is 6.20 Å². The summed E-state index contributed by atoms with van der Waals surface area (Å²) in [4.78, 5) is 4.36. The molecule has 0 atom stereocenters. The summed E-state index contributed by atoms with van der Waals surface area (Å²) in [6.07, 6.45) is 6.42. The van der Waals surface area contributed by atoms with Crippen LogP contribution in [0.25, 0.3) is 0 Å². The van der Waals surface area contributed by atoms with E-state index in [4.69, 9.17) is 0 Å². The van der Waals surface area contributed by atoms with Crippen molar-refractivity contribution in [3.8, 4) is 0 Å². The molecule has 1 heterocycles. The fraction of sp³-hybridized carbons (Fsp3) is 0.769. The number of imidazole rings is 1. The maximum atomic E-state index is 4.36. The molecule has 0 spiro atoms. The zero-order chi connectivity index (χ0) is 12.0. The Balaban J connectivity index is 2.55. The van der Waals surface area contributed by atoms with Gasteiger partial charge in [-0.05, 0) is 11.8 Å². The summed E-state index contributed by atoms with van der Waals surface area (Å²) in [5.74, 6) is 2.42. The molecule has 1 aromatic heterocycles. The summed E-state index contributed by atoms with van der Waals surface area (Å²) in [6, 6.07) is 0. The Morgan fingerprint density at radius 3 is 2.56 bits per heavy atom. The van der Waals surface area contributed by atoms with Crippen molar-refractivity contribution in [1.82, 2.24) is 9.55 Å². The average molecular weight is 223 g/mol. The Morgan fingerprint density at radius 2 is 2.00 bits per heavy atom. The molecule has 0 saturated heterocycles. The molecule has 1 aromatic rings. The molecule has 1 N–H and O–H groups in total. The van der Waals surface area contributed by atoms with Crippen LogP contribution in [0.4, 0.5) is 5.95 Å². The lowest BCUT2D eigenvalue weighted by Crippen LogP contribution is -2.15. The third-order valence-corrected chi connectivity index (χ3v) is 2.99. The number of rotatable bonds is 7. The van der Waals surface area contributed by atoms with E-state index in [0.717, 1.165) is 25.0 Å². The van der Waals surface area contributed by atoms with Gasteiger partial charge in [0.25, 0.3) is 0 Å². The Morgan fingerprint density at radius 1 is 1.31 bits per heavy atom. The molecule has 0 bridgehead atoms. The van der Waals surface area contributed by atoms with E-state index in [1.165, 1.54) is 12.8 Å². The summed E-state index contributed by atoms with van der Waals surface area (Å²) in [5, 5.41) is 3.40. The molecule has 0 aliphatic carbocycles. The number of anilines is 1. The van der Waals surface area contributed by atoms with Gasteiger partial charge in [-0.15, -0.1) is 0 Å². The van der Waals surface area contributed by atoms with Crippen LogP contribution >= 0.6 is 0 Å². The van der Waals surface area contributed by atoms with Crippen molar-refractivity contribution in [2.24, 2.45) is 11.8 Å². The van der Waals surface area contributed by atoms with Gasteiger partial charge >= 0.3 is 0 Å². The highest BCUT2D eigenvalue weighted by atomic mass is 15.2. The number of hydrogen-bond donors (Lipinski definition) is 1. The molecule has 0 aromatic carbocycles. The Bertz CT molecular complexity index is 287. The number of aromatic nitrogens is 2. The van der Waals surface area contributed by atoms with E-state index in [-0.39, 0.29) is 0 Å². The van der Waals surface area contributed by atoms with Gasteiger partial charge in [0.2, 0.25) is 5.95 Å². The summed E-state index contributed by atoms with van der Waals surface area (Å²) < 4.78 is 2.24. The molecule has 1 rings (SSSR count). The first kappa shape index (κ1) is 13.1. The summed E-state index contributed by atoms with van der Waals surface area (Å²) in [6.45, 7) is 11.0. The standard InChI is InChI=1S/C13H25N3/c1-5-12(6-2)10-16-8-7-14-13(16)15-9-11(3)4/h7-8,11-12H,5-6,9-10H2,1-4H3,(H,14,15). The van der Waals surface area contributed by atoms with Crippen LogP contribution in [0, 0.1) is 11.8 Å². The second kappa shape index (κ2) is 6.56. The minimum absolute atomic E-state index is 0.651. The molecule has 0 amide bonds. The molecule has 0 aliphatic heterocycles. The van der Waals surface area contributed by atoms with Gasteiger partial charge < -0.3 is 9.88 Å². The van der Waals surface area contributed by atoms with Gasteiger partial charge in [0.15, 0.2) is 0 Å². The molecule has 0 unspecified atom stereocenters. The lowest BCUT2D eigenvalue weighted by molar-refractivity contribution is 0.420. The van der Waals surface area contributed by atoms with E-state index in [2.05, 4.69) is 48.8 Å². The van der Waals surface area contributed by atoms with Crippen molar-refractivity contribution >= 4 is 5.95 Å². The molecule has 0 aliphatic rings. The predicted molar refractivity (Wildman–Crippen MR) is 69.6 cm³/mol. The minimum atomic E-state index is 0.651. The third kappa shape index (κ3) is 3.87. The van der Waals surface area contributed by atoms with Crippen molar-refractivity contribution in [2.75, 3.05) is 11.9 Å². The van der Waals surface area contributed by atoms with Gasteiger partial charge in [-0.25, -0.2) is 4.98 Å². The lowest BCUT2D eigenvalue weighted by Gasteiger charge is -2.16. The SMILES string of the molecule is CCC(CC)Cn1ccnc1NCC(C)C. The average Bonchev–Trinajstić information content (AvgIpc) is 2.70. The monoisotopic (exact) mass is 223 g/mol. The topological polar surface area (TPSA) is 29.9 Å². The van der Waals surface area contributed by atoms with Gasteiger partial charge in [0.05, 0.1) is 0 Å². The molecular weight excluding hydrogens is 198 g/mol. The number of hydrogen-bond acceptors (Lipinski definition) is 2. The zero-order valence-corrected chi connectivity index (χ0v) is 11.0. The summed E-state index contributed by atoms with van der Waals surface area (Å²) in [5.41, 5.74) is 0. The highest BCUT2D eigenvalue weighted by molar-refractivity contribution is 5.25. The molecule has 92 valence electrons. The predicted octanol–water partition coefficient (Wildman–Crippen LogP) is 3.39. The number of nitrogens with one attached hydrogen (secondary N) is 1. The van der Waals surface area contributed by atoms with E-state index in [1.54, 1.807) is 0 Å². The molecule has 0 saturated carbocycles. The molecule has 0 fully saturated rings. The van der Waals surface area contributed by atoms with E-state index in [9.17, 15) is 0 Å². The summed E-state index contributed by atoms with van der Waals surface area (Å²) in [7, 11) is 0. The fourth-order valence-electron chi connectivity index (χ4n) is 1.74. The summed E-state index contributed by atoms with van der Waals surface area (Å²) >= 11 is 0. The molecule has 0 radical (unpaired) electrons. The Kier molecular flexibility index (Phi) is 5.36. The van der Waals surface area contributed by atoms with Gasteiger partial charge in [-0.2, -0.15) is 0 Å². The van der Waals surface area contributed by atoms with Crippen molar-refractivity contribution in [1.29, 1.82) is 0 Å². The molecular formula is C13H25N3. The van der Waals surface area contributed by atoms with Gasteiger partial charge in [0, 0.05) is 25.5 Å². The van der Waals surface area contributed by atoms with Crippen LogP contribution in [0.2, 0.25) is 0 Å². The molecule has 3 heteroatoms. The van der Waals surface area contributed by atoms with E-state index in [0.29, 0.717) is 5.92 Å². The van der Waals surface area contributed by atoms with Crippen molar-refractivity contribution < 1.29 is 0 Å². The van der Waals surface area contributed by atoms with Crippen molar-refractivity contribution in [2.45, 2.75) is 47.1 Å². The Hall–Kier alpha value is -0.990.